The maximum Gasteiger partial charge on any atom is 0.144 e. The summed E-state index contributed by atoms with van der Waals surface area (Å²) in [6, 6.07) is 0. The molecule has 0 amide bonds. The van der Waals surface area contributed by atoms with Crippen LogP contribution in [-0.4, -0.2) is 24.3 Å². The summed E-state index contributed by atoms with van der Waals surface area (Å²) in [6.45, 7) is 5.42. The number of nitrogens with two attached hydrogens (primary N) is 1. The third kappa shape index (κ3) is 4.51. The lowest BCUT2D eigenvalue weighted by atomic mass is 9.88. The van der Waals surface area contributed by atoms with Gasteiger partial charge in [0.15, 0.2) is 0 Å². The Morgan fingerprint density at radius 1 is 1.47 bits per heavy atom. The van der Waals surface area contributed by atoms with Gasteiger partial charge in [0, 0.05) is 18.6 Å². The van der Waals surface area contributed by atoms with Gasteiger partial charge in [0.25, 0.3) is 0 Å². The van der Waals surface area contributed by atoms with Gasteiger partial charge in [-0.15, -0.1) is 0 Å². The van der Waals surface area contributed by atoms with Crippen molar-refractivity contribution in [3.05, 3.63) is 0 Å². The van der Waals surface area contributed by atoms with E-state index in [4.69, 9.17) is 15.7 Å². The van der Waals surface area contributed by atoms with Crippen LogP contribution >= 0.6 is 0 Å². The van der Waals surface area contributed by atoms with E-state index in [0.717, 1.165) is 18.9 Å². The minimum Gasteiger partial charge on any atom is -0.409 e. The molecule has 0 bridgehead atoms. The first kappa shape index (κ1) is 12.3. The third-order valence-electron chi connectivity index (χ3n) is 3.04. The number of nitrogens with zero attached hydrogens (tertiary/aromatic N) is 1. The highest BCUT2D eigenvalue weighted by molar-refractivity contribution is 5.85. The minimum absolute atomic E-state index is 0.272. The van der Waals surface area contributed by atoms with E-state index in [9.17, 15) is 0 Å². The molecule has 3 N–H and O–H groups in total. The van der Waals surface area contributed by atoms with Gasteiger partial charge < -0.3 is 15.7 Å². The molecule has 0 atom stereocenters. The molecule has 0 spiro atoms. The average Bonchev–Trinajstić information content (AvgIpc) is 2.99. The van der Waals surface area contributed by atoms with Gasteiger partial charge in [0.05, 0.1) is 0 Å². The zero-order valence-electron chi connectivity index (χ0n) is 9.70. The highest BCUT2D eigenvalue weighted by Gasteiger charge is 2.24. The number of hydrogen-bond donors (Lipinski definition) is 2. The first-order valence-electron chi connectivity index (χ1n) is 5.62. The Kier molecular flexibility index (Phi) is 4.39. The molecule has 1 fully saturated rings. The summed E-state index contributed by atoms with van der Waals surface area (Å²) in [6.07, 6.45) is 4.72. The first-order valence-corrected chi connectivity index (χ1v) is 5.62. The SMILES string of the molecule is CC(C)(CCOCCC1CC1)C(N)=NO. The summed E-state index contributed by atoms with van der Waals surface area (Å²) in [5, 5.41) is 11.6. The lowest BCUT2D eigenvalue weighted by Gasteiger charge is -2.22. The fraction of sp³-hybridized carbons (Fsp3) is 0.909. The van der Waals surface area contributed by atoms with E-state index < -0.39 is 0 Å². The van der Waals surface area contributed by atoms with Crippen molar-refractivity contribution in [3.63, 3.8) is 0 Å². The Bertz CT molecular complexity index is 223. The zero-order valence-corrected chi connectivity index (χ0v) is 9.70. The van der Waals surface area contributed by atoms with Crippen LogP contribution in [0.2, 0.25) is 0 Å². The number of amidine groups is 1. The van der Waals surface area contributed by atoms with Crippen molar-refractivity contribution in [2.24, 2.45) is 22.2 Å². The van der Waals surface area contributed by atoms with E-state index >= 15 is 0 Å². The van der Waals surface area contributed by atoms with Crippen LogP contribution in [0, 0.1) is 11.3 Å². The Labute approximate surface area is 91.5 Å². The molecule has 1 aliphatic rings. The zero-order chi connectivity index (χ0) is 11.3. The van der Waals surface area contributed by atoms with Crippen molar-refractivity contribution in [2.45, 2.75) is 39.5 Å². The maximum absolute atomic E-state index is 8.58. The van der Waals surface area contributed by atoms with Gasteiger partial charge in [0.1, 0.15) is 5.84 Å². The molecule has 0 unspecified atom stereocenters. The largest absolute Gasteiger partial charge is 0.409 e. The molecule has 0 saturated heterocycles. The number of oxime groups is 1. The Hall–Kier alpha value is -0.770. The molecule has 0 aromatic rings. The summed E-state index contributed by atoms with van der Waals surface area (Å²) < 4.78 is 5.52. The molecule has 1 aliphatic carbocycles. The van der Waals surface area contributed by atoms with Gasteiger partial charge in [-0.25, -0.2) is 0 Å². The van der Waals surface area contributed by atoms with E-state index in [1.807, 2.05) is 13.8 Å². The van der Waals surface area contributed by atoms with Gasteiger partial charge in [-0.05, 0) is 18.8 Å². The van der Waals surface area contributed by atoms with Crippen molar-refractivity contribution in [1.29, 1.82) is 0 Å². The second-order valence-electron chi connectivity index (χ2n) is 4.96. The fourth-order valence-corrected chi connectivity index (χ4v) is 1.35. The highest BCUT2D eigenvalue weighted by Crippen LogP contribution is 2.32. The van der Waals surface area contributed by atoms with E-state index in [1.54, 1.807) is 0 Å². The normalized spacial score (nSPS) is 18.1. The number of ether oxygens (including phenoxy) is 1. The van der Waals surface area contributed by atoms with Crippen molar-refractivity contribution < 1.29 is 9.94 Å². The van der Waals surface area contributed by atoms with E-state index in [2.05, 4.69) is 5.16 Å². The molecule has 4 nitrogen and oxygen atoms in total. The van der Waals surface area contributed by atoms with Crippen LogP contribution in [0.1, 0.15) is 39.5 Å². The summed E-state index contributed by atoms with van der Waals surface area (Å²) in [5.74, 6) is 1.19. The molecule has 1 rings (SSSR count). The Morgan fingerprint density at radius 3 is 2.67 bits per heavy atom. The summed E-state index contributed by atoms with van der Waals surface area (Å²) in [4.78, 5) is 0. The molecule has 15 heavy (non-hydrogen) atoms. The lowest BCUT2D eigenvalue weighted by molar-refractivity contribution is 0.111. The summed E-state index contributed by atoms with van der Waals surface area (Å²) in [5.41, 5.74) is 5.28. The van der Waals surface area contributed by atoms with Crippen molar-refractivity contribution in [2.75, 3.05) is 13.2 Å². The van der Waals surface area contributed by atoms with Crippen LogP contribution in [0.25, 0.3) is 0 Å². The average molecular weight is 214 g/mol. The van der Waals surface area contributed by atoms with Gasteiger partial charge in [-0.2, -0.15) is 0 Å². The summed E-state index contributed by atoms with van der Waals surface area (Å²) >= 11 is 0. The van der Waals surface area contributed by atoms with Crippen LogP contribution in [0.5, 0.6) is 0 Å². The topological polar surface area (TPSA) is 67.8 Å². The second kappa shape index (κ2) is 5.35. The lowest BCUT2D eigenvalue weighted by Crippen LogP contribution is -2.33. The van der Waals surface area contributed by atoms with E-state index in [0.29, 0.717) is 6.61 Å². The first-order chi connectivity index (χ1) is 7.06. The second-order valence-corrected chi connectivity index (χ2v) is 4.96. The minimum atomic E-state index is -0.283. The molecule has 0 aliphatic heterocycles. The van der Waals surface area contributed by atoms with Gasteiger partial charge in [-0.1, -0.05) is 31.8 Å². The van der Waals surface area contributed by atoms with Crippen LogP contribution in [-0.2, 0) is 4.74 Å². The summed E-state index contributed by atoms with van der Waals surface area (Å²) in [7, 11) is 0. The molecule has 0 aromatic carbocycles. The predicted molar refractivity (Wildman–Crippen MR) is 60.0 cm³/mol. The number of hydrogen-bond acceptors (Lipinski definition) is 3. The molecule has 0 radical (unpaired) electrons. The smallest absolute Gasteiger partial charge is 0.144 e. The molecular formula is C11H22N2O2. The van der Waals surface area contributed by atoms with Crippen LogP contribution in [0.15, 0.2) is 5.16 Å². The van der Waals surface area contributed by atoms with Crippen molar-refractivity contribution in [3.8, 4) is 0 Å². The van der Waals surface area contributed by atoms with Gasteiger partial charge in [0.2, 0.25) is 0 Å². The molecule has 1 saturated carbocycles. The number of rotatable bonds is 7. The van der Waals surface area contributed by atoms with E-state index in [-0.39, 0.29) is 11.3 Å². The van der Waals surface area contributed by atoms with Gasteiger partial charge in [-0.3, -0.25) is 0 Å². The highest BCUT2D eigenvalue weighted by atomic mass is 16.5. The molecular weight excluding hydrogens is 192 g/mol. The maximum atomic E-state index is 8.58. The Morgan fingerprint density at radius 2 is 2.13 bits per heavy atom. The standard InChI is InChI=1S/C11H22N2O2/c1-11(2,10(12)13-14)6-8-15-7-5-9-3-4-9/h9,14H,3-8H2,1-2H3,(H2,12,13). The van der Waals surface area contributed by atoms with Gasteiger partial charge >= 0.3 is 0 Å². The Balaban J connectivity index is 2.06. The van der Waals surface area contributed by atoms with Crippen LogP contribution in [0.4, 0.5) is 0 Å². The van der Waals surface area contributed by atoms with Crippen LogP contribution < -0.4 is 5.73 Å². The quantitative estimate of drug-likeness (QED) is 0.224. The molecule has 88 valence electrons. The van der Waals surface area contributed by atoms with Crippen LogP contribution in [0.3, 0.4) is 0 Å². The monoisotopic (exact) mass is 214 g/mol. The fourth-order valence-electron chi connectivity index (χ4n) is 1.35. The molecule has 0 heterocycles. The molecule has 0 aromatic heterocycles. The van der Waals surface area contributed by atoms with Crippen molar-refractivity contribution in [1.82, 2.24) is 0 Å². The van der Waals surface area contributed by atoms with E-state index in [1.165, 1.54) is 19.3 Å². The third-order valence-corrected chi connectivity index (χ3v) is 3.04. The molecule has 4 heteroatoms. The van der Waals surface area contributed by atoms with Crippen molar-refractivity contribution >= 4 is 5.84 Å². The predicted octanol–water partition coefficient (Wildman–Crippen LogP) is 1.97.